The zero-order valence-electron chi connectivity index (χ0n) is 12.3. The lowest BCUT2D eigenvalue weighted by Gasteiger charge is -2.21. The Balaban J connectivity index is 2.20. The molecule has 2 aromatic rings. The average Bonchev–Trinajstić information content (AvgIpc) is 2.47. The fourth-order valence-corrected chi connectivity index (χ4v) is 2.16. The van der Waals surface area contributed by atoms with E-state index < -0.39 is 0 Å². The van der Waals surface area contributed by atoms with Gasteiger partial charge in [-0.1, -0.05) is 18.2 Å². The first-order valence-corrected chi connectivity index (χ1v) is 6.94. The van der Waals surface area contributed by atoms with Crippen LogP contribution < -0.4 is 5.73 Å². The maximum absolute atomic E-state index is 12.5. The molecular formula is C17H20N2O2. The van der Waals surface area contributed by atoms with Gasteiger partial charge in [-0.15, -0.1) is 0 Å². The third-order valence-electron chi connectivity index (χ3n) is 3.45. The fourth-order valence-electron chi connectivity index (χ4n) is 2.16. The highest BCUT2D eigenvalue weighted by atomic mass is 16.3. The Morgan fingerprint density at radius 3 is 2.62 bits per heavy atom. The maximum atomic E-state index is 12.5. The van der Waals surface area contributed by atoms with Crippen LogP contribution in [0.1, 0.15) is 28.4 Å². The molecule has 110 valence electrons. The maximum Gasteiger partial charge on any atom is 0.254 e. The van der Waals surface area contributed by atoms with Gasteiger partial charge < -0.3 is 15.7 Å². The predicted octanol–water partition coefficient (Wildman–Crippen LogP) is 2.95. The molecule has 3 N–H and O–H groups in total. The number of nitrogen functional groups attached to an aromatic ring is 1. The molecule has 4 heteroatoms. The predicted molar refractivity (Wildman–Crippen MR) is 84.1 cm³/mol. The molecule has 0 aliphatic carbocycles. The quantitative estimate of drug-likeness (QED) is 0.848. The third-order valence-corrected chi connectivity index (χ3v) is 3.45. The van der Waals surface area contributed by atoms with Crippen LogP contribution in [0.2, 0.25) is 0 Å². The normalized spacial score (nSPS) is 10.4. The zero-order chi connectivity index (χ0) is 15.4. The molecule has 2 rings (SSSR count). The zero-order valence-corrected chi connectivity index (χ0v) is 12.3. The molecule has 0 unspecified atom stereocenters. The van der Waals surface area contributed by atoms with Crippen molar-refractivity contribution in [3.8, 4) is 5.75 Å². The van der Waals surface area contributed by atoms with Gasteiger partial charge in [0.1, 0.15) is 5.75 Å². The van der Waals surface area contributed by atoms with Gasteiger partial charge in [-0.3, -0.25) is 4.79 Å². The van der Waals surface area contributed by atoms with Gasteiger partial charge in [0.25, 0.3) is 5.91 Å². The lowest BCUT2D eigenvalue weighted by atomic mass is 10.1. The van der Waals surface area contributed by atoms with E-state index in [1.54, 1.807) is 24.0 Å². The van der Waals surface area contributed by atoms with E-state index in [0.717, 1.165) is 11.1 Å². The lowest BCUT2D eigenvalue weighted by molar-refractivity contribution is 0.0752. The largest absolute Gasteiger partial charge is 0.508 e. The number of benzene rings is 2. The van der Waals surface area contributed by atoms with Crippen molar-refractivity contribution in [2.45, 2.75) is 20.4 Å². The molecule has 0 saturated heterocycles. The number of phenolic OH excluding ortho intramolecular Hbond substituents is 1. The van der Waals surface area contributed by atoms with E-state index in [0.29, 0.717) is 24.3 Å². The van der Waals surface area contributed by atoms with E-state index in [2.05, 4.69) is 0 Å². The van der Waals surface area contributed by atoms with Crippen LogP contribution in [0.4, 0.5) is 5.69 Å². The van der Waals surface area contributed by atoms with Crippen molar-refractivity contribution in [1.29, 1.82) is 0 Å². The van der Waals surface area contributed by atoms with Crippen molar-refractivity contribution in [2.75, 3.05) is 12.3 Å². The Hall–Kier alpha value is -2.49. The van der Waals surface area contributed by atoms with Gasteiger partial charge in [-0.2, -0.15) is 0 Å². The number of carbonyl (C=O) groups excluding carboxylic acids is 1. The first-order valence-electron chi connectivity index (χ1n) is 6.94. The van der Waals surface area contributed by atoms with Crippen molar-refractivity contribution < 1.29 is 9.90 Å². The monoisotopic (exact) mass is 284 g/mol. The number of carbonyl (C=O) groups is 1. The fraction of sp³-hybridized carbons (Fsp3) is 0.235. The number of nitrogens with zero attached hydrogens (tertiary/aromatic N) is 1. The summed E-state index contributed by atoms with van der Waals surface area (Å²) in [6.45, 7) is 4.81. The molecule has 2 aromatic carbocycles. The lowest BCUT2D eigenvalue weighted by Crippen LogP contribution is -2.30. The molecule has 0 aromatic heterocycles. The number of phenols is 1. The number of anilines is 1. The Morgan fingerprint density at radius 1 is 1.24 bits per heavy atom. The van der Waals surface area contributed by atoms with Crippen molar-refractivity contribution in [2.24, 2.45) is 0 Å². The van der Waals surface area contributed by atoms with Crippen molar-refractivity contribution in [3.05, 3.63) is 59.2 Å². The van der Waals surface area contributed by atoms with Gasteiger partial charge in [0.05, 0.1) is 0 Å². The smallest absolute Gasteiger partial charge is 0.254 e. The van der Waals surface area contributed by atoms with Crippen LogP contribution in [-0.4, -0.2) is 22.5 Å². The number of amides is 1. The molecule has 0 spiro atoms. The molecule has 0 bridgehead atoms. The molecule has 0 aliphatic rings. The van der Waals surface area contributed by atoms with Gasteiger partial charge in [-0.25, -0.2) is 0 Å². The second-order valence-corrected chi connectivity index (χ2v) is 5.07. The molecule has 4 nitrogen and oxygen atoms in total. The van der Waals surface area contributed by atoms with Gasteiger partial charge in [-0.05, 0) is 49.2 Å². The summed E-state index contributed by atoms with van der Waals surface area (Å²) in [6.07, 6.45) is 0. The van der Waals surface area contributed by atoms with Gasteiger partial charge >= 0.3 is 0 Å². The summed E-state index contributed by atoms with van der Waals surface area (Å²) in [7, 11) is 0. The molecule has 0 atom stereocenters. The highest BCUT2D eigenvalue weighted by Gasteiger charge is 2.15. The highest BCUT2D eigenvalue weighted by molar-refractivity contribution is 5.94. The van der Waals surface area contributed by atoms with Crippen molar-refractivity contribution >= 4 is 11.6 Å². The van der Waals surface area contributed by atoms with Crippen LogP contribution in [0.5, 0.6) is 5.75 Å². The Bertz CT molecular complexity index is 653. The number of hydrogen-bond donors (Lipinski definition) is 2. The number of nitrogens with two attached hydrogens (primary N) is 1. The molecule has 0 radical (unpaired) electrons. The van der Waals surface area contributed by atoms with Crippen LogP contribution in [0.25, 0.3) is 0 Å². The van der Waals surface area contributed by atoms with Crippen molar-refractivity contribution in [3.63, 3.8) is 0 Å². The van der Waals surface area contributed by atoms with Crippen molar-refractivity contribution in [1.82, 2.24) is 4.90 Å². The molecule has 0 fully saturated rings. The highest BCUT2D eigenvalue weighted by Crippen LogP contribution is 2.19. The van der Waals surface area contributed by atoms with Crippen LogP contribution in [0.15, 0.2) is 42.5 Å². The first kappa shape index (κ1) is 14.9. The average molecular weight is 284 g/mol. The van der Waals surface area contributed by atoms with E-state index in [1.165, 1.54) is 6.07 Å². The second-order valence-electron chi connectivity index (χ2n) is 5.07. The van der Waals surface area contributed by atoms with E-state index in [-0.39, 0.29) is 11.7 Å². The molecule has 0 aliphatic heterocycles. The Labute approximate surface area is 124 Å². The summed E-state index contributed by atoms with van der Waals surface area (Å²) in [6, 6.07) is 12.5. The summed E-state index contributed by atoms with van der Waals surface area (Å²) in [5.74, 6) is 0.0380. The van der Waals surface area contributed by atoms with Crippen LogP contribution in [0.3, 0.4) is 0 Å². The van der Waals surface area contributed by atoms with E-state index in [4.69, 9.17) is 5.73 Å². The van der Waals surface area contributed by atoms with Crippen LogP contribution in [0, 0.1) is 6.92 Å². The summed E-state index contributed by atoms with van der Waals surface area (Å²) in [4.78, 5) is 14.2. The van der Waals surface area contributed by atoms with Gasteiger partial charge in [0.2, 0.25) is 0 Å². The third kappa shape index (κ3) is 3.54. The summed E-state index contributed by atoms with van der Waals surface area (Å²) in [5, 5.41) is 9.74. The minimum absolute atomic E-state index is 0.102. The number of hydrogen-bond acceptors (Lipinski definition) is 3. The molecule has 0 heterocycles. The molecule has 1 amide bonds. The number of aromatic hydroxyl groups is 1. The van der Waals surface area contributed by atoms with Gasteiger partial charge in [0.15, 0.2) is 0 Å². The summed E-state index contributed by atoms with van der Waals surface area (Å²) in [5.41, 5.74) is 8.68. The summed E-state index contributed by atoms with van der Waals surface area (Å²) >= 11 is 0. The first-order chi connectivity index (χ1) is 10.0. The minimum Gasteiger partial charge on any atom is -0.508 e. The molecular weight excluding hydrogens is 264 g/mol. The van der Waals surface area contributed by atoms with E-state index >= 15 is 0 Å². The Kier molecular flexibility index (Phi) is 4.48. The minimum atomic E-state index is -0.102. The van der Waals surface area contributed by atoms with E-state index in [9.17, 15) is 9.90 Å². The number of rotatable bonds is 4. The molecule has 0 saturated carbocycles. The number of aryl methyl sites for hydroxylation is 1. The van der Waals surface area contributed by atoms with Crippen LogP contribution in [-0.2, 0) is 6.54 Å². The standard InChI is InChI=1S/C17H20N2O2/c1-3-19(11-13-5-4-6-15(18)9-13)17(21)14-8-7-12(2)16(20)10-14/h4-10,20H,3,11,18H2,1-2H3. The SMILES string of the molecule is CCN(Cc1cccc(N)c1)C(=O)c1ccc(C)c(O)c1. The second kappa shape index (κ2) is 6.31. The van der Waals surface area contributed by atoms with E-state index in [1.807, 2.05) is 31.2 Å². The summed E-state index contributed by atoms with van der Waals surface area (Å²) < 4.78 is 0. The van der Waals surface area contributed by atoms with Gasteiger partial charge in [0, 0.05) is 24.3 Å². The molecule has 21 heavy (non-hydrogen) atoms. The van der Waals surface area contributed by atoms with Crippen LogP contribution >= 0.6 is 0 Å². The topological polar surface area (TPSA) is 66.6 Å². The Morgan fingerprint density at radius 2 is 2.00 bits per heavy atom.